The minimum atomic E-state index is -0.663. The summed E-state index contributed by atoms with van der Waals surface area (Å²) in [7, 11) is 0. The smallest absolute Gasteiger partial charge is 0.376 e. The van der Waals surface area contributed by atoms with Crippen molar-refractivity contribution in [2.75, 3.05) is 26.3 Å². The van der Waals surface area contributed by atoms with E-state index in [0.29, 0.717) is 23.7 Å². The first-order chi connectivity index (χ1) is 17.9. The number of rotatable bonds is 20. The number of hydrogen-bond acceptors (Lipinski definition) is 5. The maximum atomic E-state index is 13.8. The van der Waals surface area contributed by atoms with Crippen molar-refractivity contribution in [2.24, 2.45) is 11.8 Å². The molecule has 1 saturated carbocycles. The molecular weight excluding hydrogens is 466 g/mol. The van der Waals surface area contributed by atoms with Gasteiger partial charge in [0.2, 0.25) is 5.54 Å². The van der Waals surface area contributed by atoms with E-state index in [4.69, 9.17) is 9.47 Å². The van der Waals surface area contributed by atoms with Crippen molar-refractivity contribution in [1.29, 1.82) is 0 Å². The van der Waals surface area contributed by atoms with Crippen LogP contribution < -0.4 is 0 Å². The summed E-state index contributed by atoms with van der Waals surface area (Å²) in [5.41, 5.74) is -0.556. The molecule has 3 atom stereocenters. The molecule has 210 valence electrons. The van der Waals surface area contributed by atoms with Gasteiger partial charge in [-0.25, -0.2) is 9.28 Å². The zero-order valence-electron chi connectivity index (χ0n) is 23.6. The van der Waals surface area contributed by atoms with Crippen molar-refractivity contribution in [2.45, 2.75) is 116 Å². The normalized spacial score (nSPS) is 24.0. The minimum Gasteiger partial charge on any atom is -0.461 e. The summed E-state index contributed by atoms with van der Waals surface area (Å²) in [4.78, 5) is 39.7. The van der Waals surface area contributed by atoms with Crippen molar-refractivity contribution < 1.29 is 28.3 Å². The van der Waals surface area contributed by atoms with E-state index >= 15 is 0 Å². The Labute approximate surface area is 225 Å². The second-order valence-electron chi connectivity index (χ2n) is 11.1. The summed E-state index contributed by atoms with van der Waals surface area (Å²) in [6.07, 6.45) is 18.8. The van der Waals surface area contributed by atoms with E-state index in [-0.39, 0.29) is 19.1 Å². The van der Waals surface area contributed by atoms with E-state index in [1.165, 1.54) is 63.5 Å². The van der Waals surface area contributed by atoms with Crippen molar-refractivity contribution in [1.82, 2.24) is 0 Å². The van der Waals surface area contributed by atoms with Crippen LogP contribution in [0.15, 0.2) is 25.3 Å². The molecule has 0 radical (unpaired) electrons. The molecule has 1 aliphatic carbocycles. The number of esters is 2. The van der Waals surface area contributed by atoms with Crippen LogP contribution in [0.1, 0.15) is 110 Å². The van der Waals surface area contributed by atoms with E-state index in [1.54, 1.807) is 0 Å². The van der Waals surface area contributed by atoms with Gasteiger partial charge in [-0.15, -0.1) is 0 Å². The highest BCUT2D eigenvalue weighted by atomic mass is 16.5. The third-order valence-corrected chi connectivity index (χ3v) is 8.55. The van der Waals surface area contributed by atoms with E-state index in [1.807, 2.05) is 0 Å². The van der Waals surface area contributed by atoms with E-state index in [9.17, 15) is 14.4 Å². The van der Waals surface area contributed by atoms with E-state index in [0.717, 1.165) is 38.8 Å². The molecule has 0 N–H and O–H groups in total. The number of ether oxygens (including phenoxy) is 2. The number of carbonyl (C=O) groups is 3. The fourth-order valence-corrected chi connectivity index (χ4v) is 6.40. The summed E-state index contributed by atoms with van der Waals surface area (Å²) >= 11 is 0. The Morgan fingerprint density at radius 2 is 1.27 bits per heavy atom. The predicted molar refractivity (Wildman–Crippen MR) is 148 cm³/mol. The van der Waals surface area contributed by atoms with Gasteiger partial charge in [0.1, 0.15) is 13.2 Å². The molecule has 2 fully saturated rings. The first-order valence-corrected chi connectivity index (χ1v) is 14.9. The number of carbonyl (C=O) groups excluding carboxylic acids is 3. The SMILES string of the molecule is C=CCOC(=O)C1CCC2(CC1C(=O)OCC=C)C(=O)[N+]2(CCCCCCCC)CCCCCCCC. The Kier molecular flexibility index (Phi) is 13.6. The van der Waals surface area contributed by atoms with Crippen LogP contribution >= 0.6 is 0 Å². The predicted octanol–water partition coefficient (Wildman–Crippen LogP) is 6.68. The molecule has 1 saturated heterocycles. The highest BCUT2D eigenvalue weighted by molar-refractivity contribution is 5.94. The fourth-order valence-electron chi connectivity index (χ4n) is 6.40. The maximum Gasteiger partial charge on any atom is 0.376 e. The molecule has 6 heteroatoms. The van der Waals surface area contributed by atoms with Crippen LogP contribution in [-0.2, 0) is 23.9 Å². The highest BCUT2D eigenvalue weighted by Gasteiger charge is 2.81. The first kappa shape index (κ1) is 31.3. The lowest BCUT2D eigenvalue weighted by atomic mass is 9.73. The summed E-state index contributed by atoms with van der Waals surface area (Å²) in [6, 6.07) is 0. The number of hydrogen-bond donors (Lipinski definition) is 0. The minimum absolute atomic E-state index is 0.0974. The Hall–Kier alpha value is -1.95. The third-order valence-electron chi connectivity index (χ3n) is 8.55. The number of amides is 1. The Morgan fingerprint density at radius 3 is 1.76 bits per heavy atom. The zero-order chi connectivity index (χ0) is 27.2. The molecular formula is C31H52NO5+. The number of quaternary nitrogens is 1. The summed E-state index contributed by atoms with van der Waals surface area (Å²) < 4.78 is 11.2. The van der Waals surface area contributed by atoms with Crippen LogP contribution in [0.25, 0.3) is 0 Å². The molecule has 0 aromatic carbocycles. The van der Waals surface area contributed by atoms with Gasteiger partial charge in [-0.05, 0) is 32.1 Å². The topological polar surface area (TPSA) is 69.7 Å². The molecule has 1 aliphatic heterocycles. The van der Waals surface area contributed by atoms with Crippen LogP contribution in [0.3, 0.4) is 0 Å². The summed E-state index contributed by atoms with van der Waals surface area (Å²) in [6.45, 7) is 13.6. The quantitative estimate of drug-likeness (QED) is 0.0591. The van der Waals surface area contributed by atoms with Gasteiger partial charge < -0.3 is 9.47 Å². The van der Waals surface area contributed by atoms with Gasteiger partial charge in [-0.1, -0.05) is 90.5 Å². The summed E-state index contributed by atoms with van der Waals surface area (Å²) in [5, 5.41) is 0. The average molecular weight is 519 g/mol. The van der Waals surface area contributed by atoms with Gasteiger partial charge in [-0.2, -0.15) is 0 Å². The Bertz CT molecular complexity index is 747. The molecule has 2 rings (SSSR count). The van der Waals surface area contributed by atoms with Crippen molar-refractivity contribution in [3.8, 4) is 0 Å². The molecule has 1 amide bonds. The monoisotopic (exact) mass is 518 g/mol. The van der Waals surface area contributed by atoms with E-state index < -0.39 is 29.3 Å². The van der Waals surface area contributed by atoms with Crippen LogP contribution in [0.2, 0.25) is 0 Å². The van der Waals surface area contributed by atoms with Gasteiger partial charge in [-0.3, -0.25) is 9.59 Å². The van der Waals surface area contributed by atoms with Crippen LogP contribution in [0.4, 0.5) is 0 Å². The van der Waals surface area contributed by atoms with E-state index in [2.05, 4.69) is 27.0 Å². The van der Waals surface area contributed by atoms with Gasteiger partial charge in [0.25, 0.3) is 0 Å². The lowest BCUT2D eigenvalue weighted by Crippen LogP contribution is -2.46. The van der Waals surface area contributed by atoms with Crippen molar-refractivity contribution in [3.05, 3.63) is 25.3 Å². The van der Waals surface area contributed by atoms with Crippen molar-refractivity contribution in [3.63, 3.8) is 0 Å². The van der Waals surface area contributed by atoms with Gasteiger partial charge in [0.15, 0.2) is 0 Å². The van der Waals surface area contributed by atoms with Gasteiger partial charge >= 0.3 is 17.8 Å². The molecule has 0 aromatic heterocycles. The number of unbranched alkanes of at least 4 members (excludes halogenated alkanes) is 10. The molecule has 0 bridgehead atoms. The number of nitrogens with zero attached hydrogens (tertiary/aromatic N) is 1. The fraction of sp³-hybridized carbons (Fsp3) is 0.774. The molecule has 1 heterocycles. The molecule has 1 spiro atoms. The largest absolute Gasteiger partial charge is 0.461 e. The third kappa shape index (κ3) is 8.02. The van der Waals surface area contributed by atoms with Gasteiger partial charge in [0, 0.05) is 12.8 Å². The van der Waals surface area contributed by atoms with Gasteiger partial charge in [0.05, 0.1) is 24.9 Å². The zero-order valence-corrected chi connectivity index (χ0v) is 23.6. The molecule has 0 aromatic rings. The van der Waals surface area contributed by atoms with Crippen LogP contribution in [-0.4, -0.2) is 54.2 Å². The standard InChI is InChI=1S/C31H52NO5/c1-5-9-11-13-15-17-21-32(22-18-16-14-12-10-6-2)30(35)31(32)20-19-26(28(33)36-23-7-3)27(25-31)29(34)37-24-8-4/h7-8,26-27H,3-6,9-25H2,1-2H3/q+1. The Balaban J connectivity index is 2.16. The lowest BCUT2D eigenvalue weighted by Gasteiger charge is -2.33. The molecule has 37 heavy (non-hydrogen) atoms. The first-order valence-electron chi connectivity index (χ1n) is 14.9. The van der Waals surface area contributed by atoms with Crippen LogP contribution in [0.5, 0.6) is 0 Å². The average Bonchev–Trinajstić information content (AvgIpc) is 3.38. The second kappa shape index (κ2) is 16.1. The summed E-state index contributed by atoms with van der Waals surface area (Å²) in [5.74, 6) is -1.79. The van der Waals surface area contributed by atoms with Crippen LogP contribution in [0, 0.1) is 11.8 Å². The Morgan fingerprint density at radius 1 is 0.811 bits per heavy atom. The lowest BCUT2D eigenvalue weighted by molar-refractivity contribution is -0.799. The molecule has 6 nitrogen and oxygen atoms in total. The maximum absolute atomic E-state index is 13.8. The highest BCUT2D eigenvalue weighted by Crippen LogP contribution is 2.57. The molecule has 2 aliphatic rings. The van der Waals surface area contributed by atoms with Crippen molar-refractivity contribution >= 4 is 17.8 Å². The molecule has 3 unspecified atom stereocenters. The second-order valence-corrected chi connectivity index (χ2v) is 11.1.